The van der Waals surface area contributed by atoms with Gasteiger partial charge in [-0.25, -0.2) is 4.98 Å². The van der Waals surface area contributed by atoms with Crippen molar-refractivity contribution in [1.82, 2.24) is 35.3 Å². The number of para-hydroxylation sites is 1. The van der Waals surface area contributed by atoms with Gasteiger partial charge in [0.2, 0.25) is 5.95 Å². The molecule has 9 nitrogen and oxygen atoms in total. The Hall–Kier alpha value is -3.88. The van der Waals surface area contributed by atoms with E-state index in [2.05, 4.69) is 35.9 Å². The maximum absolute atomic E-state index is 12.3. The number of nitrogens with one attached hydrogen (secondary N) is 2. The van der Waals surface area contributed by atoms with Crippen LogP contribution in [0.5, 0.6) is 0 Å². The second-order valence-electron chi connectivity index (χ2n) is 7.64. The summed E-state index contributed by atoms with van der Waals surface area (Å²) >= 11 is 0. The molecule has 2 N–H and O–H groups in total. The molecular formula is C22H22N8O. The predicted octanol–water partition coefficient (Wildman–Crippen LogP) is 2.76. The molecule has 3 heterocycles. The van der Waals surface area contributed by atoms with E-state index >= 15 is 0 Å². The van der Waals surface area contributed by atoms with Crippen LogP contribution in [0.1, 0.15) is 36.0 Å². The summed E-state index contributed by atoms with van der Waals surface area (Å²) in [4.78, 5) is 25.4. The summed E-state index contributed by atoms with van der Waals surface area (Å²) in [5, 5.41) is 14.9. The third-order valence-corrected chi connectivity index (χ3v) is 5.53. The summed E-state index contributed by atoms with van der Waals surface area (Å²) in [6, 6.07) is 13.7. The number of carbonyl (C=O) groups is 1. The smallest absolute Gasteiger partial charge is 0.251 e. The highest BCUT2D eigenvalue weighted by Crippen LogP contribution is 2.22. The minimum atomic E-state index is -0.0470. The summed E-state index contributed by atoms with van der Waals surface area (Å²) in [5.41, 5.74) is 2.86. The van der Waals surface area contributed by atoms with E-state index in [0.717, 1.165) is 31.4 Å². The Bertz CT molecular complexity index is 1170. The van der Waals surface area contributed by atoms with E-state index in [0.29, 0.717) is 22.7 Å². The number of aromatic nitrogens is 6. The number of carbonyl (C=O) groups excluding carboxylic acids is 1. The summed E-state index contributed by atoms with van der Waals surface area (Å²) in [6.07, 6.45) is 8.62. The molecule has 3 aromatic heterocycles. The van der Waals surface area contributed by atoms with Gasteiger partial charge >= 0.3 is 0 Å². The van der Waals surface area contributed by atoms with E-state index in [-0.39, 0.29) is 18.0 Å². The van der Waals surface area contributed by atoms with Crippen LogP contribution in [-0.4, -0.2) is 47.9 Å². The molecule has 31 heavy (non-hydrogen) atoms. The summed E-state index contributed by atoms with van der Waals surface area (Å²) in [5.74, 6) is 0.519. The Morgan fingerprint density at radius 1 is 0.968 bits per heavy atom. The van der Waals surface area contributed by atoms with Crippen LogP contribution < -0.4 is 10.6 Å². The van der Waals surface area contributed by atoms with Gasteiger partial charge in [-0.1, -0.05) is 23.4 Å². The van der Waals surface area contributed by atoms with Crippen LogP contribution in [0.4, 0.5) is 5.95 Å². The zero-order valence-electron chi connectivity index (χ0n) is 16.8. The molecule has 0 saturated heterocycles. The standard InChI is InChI=1S/C22H22N8O/c31-21(15-10-12-23-13-11-15)25-16-6-8-17(9-7-16)26-22-24-14-19-20(27-22)30(29-28-19)18-4-2-1-3-5-18/h1-5,10-14,16-17H,6-9H2,(H,25,31)(H,24,26,27). The van der Waals surface area contributed by atoms with Gasteiger partial charge in [0, 0.05) is 30.0 Å². The predicted molar refractivity (Wildman–Crippen MR) is 116 cm³/mol. The molecule has 1 aliphatic carbocycles. The molecule has 1 saturated carbocycles. The molecule has 9 heteroatoms. The van der Waals surface area contributed by atoms with Gasteiger partial charge < -0.3 is 10.6 Å². The summed E-state index contributed by atoms with van der Waals surface area (Å²) < 4.78 is 1.72. The minimum absolute atomic E-state index is 0.0470. The molecule has 156 valence electrons. The quantitative estimate of drug-likeness (QED) is 0.517. The lowest BCUT2D eigenvalue weighted by Crippen LogP contribution is -2.40. The minimum Gasteiger partial charge on any atom is -0.351 e. The number of anilines is 1. The van der Waals surface area contributed by atoms with Crippen LogP contribution in [0.3, 0.4) is 0 Å². The number of hydrogen-bond acceptors (Lipinski definition) is 7. The Balaban J connectivity index is 1.22. The first-order valence-electron chi connectivity index (χ1n) is 10.4. The lowest BCUT2D eigenvalue weighted by atomic mass is 9.91. The van der Waals surface area contributed by atoms with Gasteiger partial charge in [0.25, 0.3) is 5.91 Å². The van der Waals surface area contributed by atoms with E-state index in [9.17, 15) is 4.79 Å². The Labute approximate surface area is 178 Å². The maximum atomic E-state index is 12.3. The number of rotatable bonds is 5. The highest BCUT2D eigenvalue weighted by molar-refractivity contribution is 5.94. The normalized spacial score (nSPS) is 18.6. The van der Waals surface area contributed by atoms with E-state index in [4.69, 9.17) is 0 Å². The molecule has 0 atom stereocenters. The van der Waals surface area contributed by atoms with Crippen molar-refractivity contribution in [2.24, 2.45) is 0 Å². The van der Waals surface area contributed by atoms with Crippen molar-refractivity contribution in [3.63, 3.8) is 0 Å². The van der Waals surface area contributed by atoms with Crippen molar-refractivity contribution in [2.45, 2.75) is 37.8 Å². The van der Waals surface area contributed by atoms with Crippen LogP contribution >= 0.6 is 0 Å². The van der Waals surface area contributed by atoms with E-state index in [1.807, 2.05) is 30.3 Å². The van der Waals surface area contributed by atoms with Crippen LogP contribution in [0, 0.1) is 0 Å². The van der Waals surface area contributed by atoms with Crippen molar-refractivity contribution in [1.29, 1.82) is 0 Å². The van der Waals surface area contributed by atoms with Gasteiger partial charge in [-0.2, -0.15) is 9.67 Å². The second kappa shape index (κ2) is 8.47. The first kappa shape index (κ1) is 19.1. The van der Waals surface area contributed by atoms with Gasteiger partial charge in [-0.15, -0.1) is 5.10 Å². The molecule has 1 aliphatic rings. The average molecular weight is 414 g/mol. The van der Waals surface area contributed by atoms with Crippen molar-refractivity contribution in [2.75, 3.05) is 5.32 Å². The third-order valence-electron chi connectivity index (χ3n) is 5.53. The van der Waals surface area contributed by atoms with Gasteiger partial charge in [-0.05, 0) is 49.9 Å². The average Bonchev–Trinajstić information content (AvgIpc) is 3.25. The number of hydrogen-bond donors (Lipinski definition) is 2. The summed E-state index contributed by atoms with van der Waals surface area (Å²) in [6.45, 7) is 0. The van der Waals surface area contributed by atoms with Gasteiger partial charge in [0.1, 0.15) is 0 Å². The maximum Gasteiger partial charge on any atom is 0.251 e. The largest absolute Gasteiger partial charge is 0.351 e. The van der Waals surface area contributed by atoms with Crippen molar-refractivity contribution in [3.8, 4) is 5.69 Å². The zero-order chi connectivity index (χ0) is 21.0. The lowest BCUT2D eigenvalue weighted by Gasteiger charge is -2.29. The van der Waals surface area contributed by atoms with Crippen molar-refractivity contribution in [3.05, 3.63) is 66.6 Å². The number of fused-ring (bicyclic) bond motifs is 1. The van der Waals surface area contributed by atoms with E-state index in [1.165, 1.54) is 0 Å². The highest BCUT2D eigenvalue weighted by Gasteiger charge is 2.23. The highest BCUT2D eigenvalue weighted by atomic mass is 16.1. The molecular weight excluding hydrogens is 392 g/mol. The number of amides is 1. The van der Waals surface area contributed by atoms with Gasteiger partial charge in [-0.3, -0.25) is 9.78 Å². The number of pyridine rings is 1. The van der Waals surface area contributed by atoms with E-state index in [1.54, 1.807) is 35.4 Å². The molecule has 5 rings (SSSR count). The molecule has 0 spiro atoms. The van der Waals surface area contributed by atoms with Crippen molar-refractivity contribution < 1.29 is 4.79 Å². The van der Waals surface area contributed by atoms with Crippen LogP contribution in [0.15, 0.2) is 61.1 Å². The van der Waals surface area contributed by atoms with Gasteiger partial charge in [0.15, 0.2) is 11.2 Å². The molecule has 1 fully saturated rings. The molecule has 4 aromatic rings. The first-order chi connectivity index (χ1) is 15.3. The Kier molecular flexibility index (Phi) is 5.22. The number of benzene rings is 1. The van der Waals surface area contributed by atoms with Crippen molar-refractivity contribution >= 4 is 23.0 Å². The Morgan fingerprint density at radius 2 is 1.71 bits per heavy atom. The SMILES string of the molecule is O=C(NC1CCC(Nc2ncc3nnn(-c4ccccc4)c3n2)CC1)c1ccncc1. The molecule has 0 unspecified atom stereocenters. The van der Waals surface area contributed by atoms with Crippen LogP contribution in [0.25, 0.3) is 16.9 Å². The van der Waals surface area contributed by atoms with E-state index < -0.39 is 0 Å². The molecule has 1 aromatic carbocycles. The fourth-order valence-electron chi connectivity index (χ4n) is 3.88. The fraction of sp³-hybridized carbons (Fsp3) is 0.273. The van der Waals surface area contributed by atoms with Crippen LogP contribution in [-0.2, 0) is 0 Å². The fourth-order valence-corrected chi connectivity index (χ4v) is 3.88. The first-order valence-corrected chi connectivity index (χ1v) is 10.4. The Morgan fingerprint density at radius 3 is 2.48 bits per heavy atom. The second-order valence-corrected chi connectivity index (χ2v) is 7.64. The molecule has 0 aliphatic heterocycles. The molecule has 1 amide bonds. The summed E-state index contributed by atoms with van der Waals surface area (Å²) in [7, 11) is 0. The molecule has 0 radical (unpaired) electrons. The number of nitrogens with zero attached hydrogens (tertiary/aromatic N) is 6. The molecule has 0 bridgehead atoms. The lowest BCUT2D eigenvalue weighted by molar-refractivity contribution is 0.0926. The van der Waals surface area contributed by atoms with Crippen LogP contribution in [0.2, 0.25) is 0 Å². The van der Waals surface area contributed by atoms with Gasteiger partial charge in [0.05, 0.1) is 11.9 Å². The zero-order valence-corrected chi connectivity index (χ0v) is 16.8. The topological polar surface area (TPSA) is 111 Å². The monoisotopic (exact) mass is 414 g/mol. The third kappa shape index (κ3) is 4.20.